The number of rotatable bonds is 5. The molecule has 0 aliphatic rings. The molecule has 2 N–H and O–H groups in total. The lowest BCUT2D eigenvalue weighted by atomic mass is 10.1. The van der Waals surface area contributed by atoms with Gasteiger partial charge in [-0.15, -0.1) is 6.42 Å². The van der Waals surface area contributed by atoms with E-state index in [2.05, 4.69) is 21.9 Å². The van der Waals surface area contributed by atoms with E-state index in [1.54, 1.807) is 24.3 Å². The van der Waals surface area contributed by atoms with Crippen LogP contribution in [0, 0.1) is 12.3 Å². The lowest BCUT2D eigenvalue weighted by Crippen LogP contribution is -2.19. The van der Waals surface area contributed by atoms with Gasteiger partial charge in [-0.3, -0.25) is 0 Å². The van der Waals surface area contributed by atoms with Gasteiger partial charge in [0.1, 0.15) is 18.5 Å². The van der Waals surface area contributed by atoms with E-state index < -0.39 is 12.2 Å². The Morgan fingerprint density at radius 3 is 2.44 bits per heavy atom. The number of hydrogen-bond donors (Lipinski definition) is 2. The normalized spacial score (nSPS) is 13.9. The second-order valence-corrected chi connectivity index (χ2v) is 3.88. The van der Waals surface area contributed by atoms with Gasteiger partial charge in [0.2, 0.25) is 0 Å². The van der Waals surface area contributed by atoms with Crippen LogP contribution < -0.4 is 4.74 Å². The predicted octanol–water partition coefficient (Wildman–Crippen LogP) is 1.49. The fourth-order valence-corrected chi connectivity index (χ4v) is 1.55. The molecule has 86 valence electrons. The molecule has 0 radical (unpaired) electrons. The Balaban J connectivity index is 2.67. The summed E-state index contributed by atoms with van der Waals surface area (Å²) in [6, 6.07) is 6.80. The third-order valence-electron chi connectivity index (χ3n) is 2.07. The van der Waals surface area contributed by atoms with Crippen molar-refractivity contribution < 1.29 is 14.9 Å². The van der Waals surface area contributed by atoms with Crippen molar-refractivity contribution in [3.63, 3.8) is 0 Å². The van der Waals surface area contributed by atoms with Gasteiger partial charge in [0.25, 0.3) is 0 Å². The van der Waals surface area contributed by atoms with Crippen molar-refractivity contribution in [2.24, 2.45) is 0 Å². The van der Waals surface area contributed by atoms with Crippen LogP contribution in [0.25, 0.3) is 0 Å². The van der Waals surface area contributed by atoms with E-state index in [-0.39, 0.29) is 6.61 Å². The summed E-state index contributed by atoms with van der Waals surface area (Å²) in [4.78, 5) is 0. The highest BCUT2D eigenvalue weighted by atomic mass is 79.9. The van der Waals surface area contributed by atoms with Gasteiger partial charge in [0.05, 0.1) is 6.10 Å². The highest BCUT2D eigenvalue weighted by molar-refractivity contribution is 9.09. The number of halogens is 1. The highest BCUT2D eigenvalue weighted by Crippen LogP contribution is 2.21. The SMILES string of the molecule is C#CCOc1ccc(C(O)C(O)CBr)cc1. The zero-order chi connectivity index (χ0) is 12.0. The molecule has 0 saturated heterocycles. The average molecular weight is 285 g/mol. The number of aliphatic hydroxyl groups is 2. The standard InChI is InChI=1S/C12H13BrO3/c1-2-7-16-10-5-3-9(4-6-10)12(15)11(14)8-13/h1,3-6,11-12,14-15H,7-8H2. The minimum absolute atomic E-state index is 0.214. The quantitative estimate of drug-likeness (QED) is 0.636. The van der Waals surface area contributed by atoms with Crippen molar-refractivity contribution in [1.29, 1.82) is 0 Å². The van der Waals surface area contributed by atoms with Crippen LogP contribution in [0.15, 0.2) is 24.3 Å². The molecule has 1 aromatic carbocycles. The van der Waals surface area contributed by atoms with Crippen LogP contribution in [0.5, 0.6) is 5.75 Å². The first kappa shape index (κ1) is 13.0. The van der Waals surface area contributed by atoms with E-state index in [4.69, 9.17) is 11.2 Å². The van der Waals surface area contributed by atoms with E-state index in [9.17, 15) is 10.2 Å². The Kier molecular flexibility index (Phi) is 5.33. The second kappa shape index (κ2) is 6.54. The van der Waals surface area contributed by atoms with Crippen LogP contribution in [-0.4, -0.2) is 28.3 Å². The molecule has 16 heavy (non-hydrogen) atoms. The first-order chi connectivity index (χ1) is 7.69. The number of alkyl halides is 1. The molecule has 0 aromatic heterocycles. The fourth-order valence-electron chi connectivity index (χ4n) is 1.19. The Hall–Kier alpha value is -1.02. The number of hydrogen-bond acceptors (Lipinski definition) is 3. The van der Waals surface area contributed by atoms with E-state index in [0.29, 0.717) is 16.6 Å². The van der Waals surface area contributed by atoms with Gasteiger partial charge in [0, 0.05) is 5.33 Å². The van der Waals surface area contributed by atoms with E-state index in [0.717, 1.165) is 0 Å². The first-order valence-corrected chi connectivity index (χ1v) is 5.89. The molecule has 3 nitrogen and oxygen atoms in total. The van der Waals surface area contributed by atoms with Crippen molar-refractivity contribution in [3.05, 3.63) is 29.8 Å². The lowest BCUT2D eigenvalue weighted by Gasteiger charge is -2.16. The molecule has 0 heterocycles. The number of aliphatic hydroxyl groups excluding tert-OH is 2. The number of terminal acetylenes is 1. The Labute approximate surface area is 103 Å². The van der Waals surface area contributed by atoms with Crippen LogP contribution >= 0.6 is 15.9 Å². The van der Waals surface area contributed by atoms with Crippen LogP contribution in [0.1, 0.15) is 11.7 Å². The maximum atomic E-state index is 9.70. The van der Waals surface area contributed by atoms with Crippen LogP contribution in [0.4, 0.5) is 0 Å². The van der Waals surface area contributed by atoms with Crippen molar-refractivity contribution in [3.8, 4) is 18.1 Å². The molecule has 1 aromatic rings. The zero-order valence-corrected chi connectivity index (χ0v) is 10.2. The Morgan fingerprint density at radius 1 is 1.31 bits per heavy atom. The Bertz CT molecular complexity index is 356. The maximum Gasteiger partial charge on any atom is 0.148 e. The molecule has 0 aliphatic carbocycles. The number of benzene rings is 1. The zero-order valence-electron chi connectivity index (χ0n) is 8.64. The molecule has 0 aliphatic heterocycles. The molecular weight excluding hydrogens is 272 g/mol. The lowest BCUT2D eigenvalue weighted by molar-refractivity contribution is 0.0342. The summed E-state index contributed by atoms with van der Waals surface area (Å²) in [5.41, 5.74) is 0.639. The van der Waals surface area contributed by atoms with Crippen LogP contribution in [0.2, 0.25) is 0 Å². The van der Waals surface area contributed by atoms with Gasteiger partial charge in [-0.25, -0.2) is 0 Å². The molecule has 0 bridgehead atoms. The van der Waals surface area contributed by atoms with Gasteiger partial charge >= 0.3 is 0 Å². The minimum atomic E-state index is -0.902. The van der Waals surface area contributed by atoms with Gasteiger partial charge in [-0.1, -0.05) is 34.0 Å². The molecule has 1 rings (SSSR count). The smallest absolute Gasteiger partial charge is 0.148 e. The molecule has 2 atom stereocenters. The molecule has 0 fully saturated rings. The highest BCUT2D eigenvalue weighted by Gasteiger charge is 2.16. The van der Waals surface area contributed by atoms with Gasteiger partial charge in [0.15, 0.2) is 0 Å². The minimum Gasteiger partial charge on any atom is -0.481 e. The van der Waals surface area contributed by atoms with Crippen molar-refractivity contribution >= 4 is 15.9 Å². The topological polar surface area (TPSA) is 49.7 Å². The van der Waals surface area contributed by atoms with Crippen molar-refractivity contribution in [2.45, 2.75) is 12.2 Å². The molecular formula is C12H13BrO3. The summed E-state index contributed by atoms with van der Waals surface area (Å²) < 4.78 is 5.19. The van der Waals surface area contributed by atoms with Crippen LogP contribution in [0.3, 0.4) is 0 Å². The maximum absolute atomic E-state index is 9.70. The molecule has 2 unspecified atom stereocenters. The predicted molar refractivity (Wildman–Crippen MR) is 65.5 cm³/mol. The second-order valence-electron chi connectivity index (χ2n) is 3.23. The third-order valence-corrected chi connectivity index (χ3v) is 2.73. The van der Waals surface area contributed by atoms with Gasteiger partial charge < -0.3 is 14.9 Å². The van der Waals surface area contributed by atoms with Crippen molar-refractivity contribution in [2.75, 3.05) is 11.9 Å². The van der Waals surface area contributed by atoms with E-state index in [1.165, 1.54) is 0 Å². The molecule has 0 spiro atoms. The number of ether oxygens (including phenoxy) is 1. The van der Waals surface area contributed by atoms with Gasteiger partial charge in [-0.2, -0.15) is 0 Å². The monoisotopic (exact) mass is 284 g/mol. The van der Waals surface area contributed by atoms with E-state index >= 15 is 0 Å². The summed E-state index contributed by atoms with van der Waals surface area (Å²) in [6.45, 7) is 0.214. The Morgan fingerprint density at radius 2 is 1.94 bits per heavy atom. The van der Waals surface area contributed by atoms with Crippen molar-refractivity contribution in [1.82, 2.24) is 0 Å². The summed E-state index contributed by atoms with van der Waals surface area (Å²) in [6.07, 6.45) is 3.34. The summed E-state index contributed by atoms with van der Waals surface area (Å²) in [5, 5.41) is 19.5. The molecule has 4 heteroatoms. The molecule has 0 saturated carbocycles. The van der Waals surface area contributed by atoms with Crippen LogP contribution in [-0.2, 0) is 0 Å². The summed E-state index contributed by atoms with van der Waals surface area (Å²) in [7, 11) is 0. The summed E-state index contributed by atoms with van der Waals surface area (Å²) in [5.74, 6) is 3.00. The largest absolute Gasteiger partial charge is 0.481 e. The first-order valence-electron chi connectivity index (χ1n) is 4.77. The third kappa shape index (κ3) is 3.53. The fraction of sp³-hybridized carbons (Fsp3) is 0.333. The van der Waals surface area contributed by atoms with E-state index in [1.807, 2.05) is 0 Å². The van der Waals surface area contributed by atoms with Gasteiger partial charge in [-0.05, 0) is 17.7 Å². The average Bonchev–Trinajstić information content (AvgIpc) is 2.35. The molecule has 0 amide bonds. The summed E-state index contributed by atoms with van der Waals surface area (Å²) >= 11 is 3.10.